The second-order valence-electron chi connectivity index (χ2n) is 17.4. The molecule has 1 aliphatic heterocycles. The van der Waals surface area contributed by atoms with E-state index in [1.807, 2.05) is 12.1 Å². The SMILES string of the molecule is C=C1NC(C(=O)O)Cc2ccc(OC[C@H](O)CN)c(c2)-c2cc(cc(OC[C@H](O)CN)c2O)C(N(C)C(=O)[C@H](CCN)NC(=O)c2cnc(-c3ccc(C4(C)CC4)cc3)nc2C)C(=O)N[C@H]1C. The van der Waals surface area contributed by atoms with Crippen LogP contribution in [0.4, 0.5) is 0 Å². The van der Waals surface area contributed by atoms with Gasteiger partial charge in [0, 0.05) is 55.1 Å². The number of phenols is 1. The molecule has 6 rings (SSSR count). The van der Waals surface area contributed by atoms with Crippen LogP contribution in [0.15, 0.2) is 73.1 Å². The number of carbonyl (C=O) groups excluding carboxylic acids is 3. The maximum Gasteiger partial charge on any atom is 0.326 e. The quantitative estimate of drug-likeness (QED) is 0.0718. The molecule has 19 heteroatoms. The summed E-state index contributed by atoms with van der Waals surface area (Å²) in [7, 11) is 1.36. The van der Waals surface area contributed by atoms with Crippen molar-refractivity contribution in [3.05, 3.63) is 101 Å². The number of carboxylic acid groups (broad SMARTS) is 1. The van der Waals surface area contributed by atoms with Crippen LogP contribution in [-0.4, -0.2) is 129 Å². The van der Waals surface area contributed by atoms with E-state index in [0.29, 0.717) is 17.1 Å². The third-order valence-electron chi connectivity index (χ3n) is 12.2. The van der Waals surface area contributed by atoms with Gasteiger partial charge in [0.2, 0.25) is 11.8 Å². The maximum absolute atomic E-state index is 14.8. The van der Waals surface area contributed by atoms with Crippen molar-refractivity contribution in [1.82, 2.24) is 30.8 Å². The van der Waals surface area contributed by atoms with E-state index in [9.17, 15) is 39.6 Å². The molecule has 13 N–H and O–H groups in total. The number of hydrogen-bond donors (Lipinski definition) is 10. The van der Waals surface area contributed by atoms with Gasteiger partial charge in [-0.1, -0.05) is 43.8 Å². The monoisotopic (exact) mass is 923 g/mol. The molecule has 3 amide bonds. The molecule has 4 bridgehead atoms. The molecule has 2 unspecified atom stereocenters. The van der Waals surface area contributed by atoms with Crippen LogP contribution in [-0.2, 0) is 26.2 Å². The van der Waals surface area contributed by atoms with Crippen LogP contribution in [0.3, 0.4) is 0 Å². The van der Waals surface area contributed by atoms with E-state index in [-0.39, 0.29) is 90.6 Å². The number of rotatable bonds is 17. The molecule has 67 heavy (non-hydrogen) atoms. The molecule has 0 spiro atoms. The fourth-order valence-corrected chi connectivity index (χ4v) is 7.73. The Morgan fingerprint density at radius 2 is 1.63 bits per heavy atom. The number of likely N-dealkylation sites (N-methyl/N-ethyl adjacent to an activating group) is 1. The summed E-state index contributed by atoms with van der Waals surface area (Å²) in [5.74, 6) is -3.51. The molecule has 2 heterocycles. The molecule has 1 fully saturated rings. The molecule has 3 aromatic carbocycles. The summed E-state index contributed by atoms with van der Waals surface area (Å²) in [5, 5.41) is 51.3. The maximum atomic E-state index is 14.8. The third kappa shape index (κ3) is 11.7. The standard InChI is InChI=1S/C48H61N9O10/c1-25-26(2)55-45(62)41(57(5)46(63)37(12-15-49)56-44(61)36-22-52-43(54-27(36)3)29-7-9-31(10-8-29)48(4)13-14-48)30-18-35(42(60)40(19-30)67-24-33(59)21-51)34-16-28(17-38(53-25)47(64)65)6-11-39(34)66-23-32(58)20-50/h6-11,16,18-19,22,26,32-33,37-38,41,53,58-60H,1,12-15,17,20-21,23-24,49-51H2,2-5H3,(H,55,62)(H,56,61)(H,64,65)/t26-,32+,33+,37-,38?,41?/m0/s1. The third-order valence-corrected chi connectivity index (χ3v) is 12.2. The van der Waals surface area contributed by atoms with Gasteiger partial charge in [0.25, 0.3) is 5.91 Å². The normalized spacial score (nSPS) is 19.1. The zero-order valence-electron chi connectivity index (χ0n) is 38.1. The predicted molar refractivity (Wildman–Crippen MR) is 249 cm³/mol. The number of aromatic hydroxyl groups is 1. The molecule has 2 aliphatic rings. The summed E-state index contributed by atoms with van der Waals surface area (Å²) in [5.41, 5.74) is 20.9. The van der Waals surface area contributed by atoms with E-state index in [1.54, 1.807) is 26.0 Å². The number of benzene rings is 3. The minimum atomic E-state index is -1.54. The van der Waals surface area contributed by atoms with Crippen LogP contribution in [0.1, 0.15) is 71.9 Å². The number of aliphatic carboxylic acids is 1. The number of nitrogens with one attached hydrogen (secondary N) is 3. The van der Waals surface area contributed by atoms with Crippen molar-refractivity contribution in [2.45, 2.75) is 88.2 Å². The van der Waals surface area contributed by atoms with Gasteiger partial charge < -0.3 is 68.0 Å². The topological polar surface area (TPSA) is 311 Å². The summed E-state index contributed by atoms with van der Waals surface area (Å²) >= 11 is 0. The number of aromatic nitrogens is 2. The summed E-state index contributed by atoms with van der Waals surface area (Å²) in [6.45, 7) is 8.48. The smallest absolute Gasteiger partial charge is 0.326 e. The molecule has 6 atom stereocenters. The van der Waals surface area contributed by atoms with E-state index in [0.717, 1.165) is 23.3 Å². The molecular weight excluding hydrogens is 863 g/mol. The number of aryl methyl sites for hydroxylation is 1. The molecular formula is C48H61N9O10. The Labute approximate surface area is 388 Å². The number of ether oxygens (including phenoxy) is 2. The average molecular weight is 924 g/mol. The zero-order chi connectivity index (χ0) is 48.7. The fourth-order valence-electron chi connectivity index (χ4n) is 7.73. The number of phenolic OH excluding ortho intramolecular Hbond substituents is 1. The Hall–Kier alpha value is -6.64. The fraction of sp³-hybridized carbons (Fsp3) is 0.417. The van der Waals surface area contributed by atoms with Gasteiger partial charge >= 0.3 is 5.97 Å². The lowest BCUT2D eigenvalue weighted by Crippen LogP contribution is -2.53. The molecule has 1 aromatic heterocycles. The van der Waals surface area contributed by atoms with Gasteiger partial charge in [-0.25, -0.2) is 14.8 Å². The van der Waals surface area contributed by atoms with Crippen molar-refractivity contribution < 1.29 is 49.1 Å². The Balaban J connectivity index is 1.41. The summed E-state index contributed by atoms with van der Waals surface area (Å²) in [6, 6.07) is 10.6. The number of nitrogens with zero attached hydrogens (tertiary/aromatic N) is 3. The molecule has 1 saturated carbocycles. The number of aliphatic hydroxyl groups excluding tert-OH is 2. The van der Waals surface area contributed by atoms with Crippen LogP contribution in [0.25, 0.3) is 22.5 Å². The Morgan fingerprint density at radius 1 is 0.970 bits per heavy atom. The Bertz CT molecular complexity index is 2480. The predicted octanol–water partition coefficient (Wildman–Crippen LogP) is 1.54. The van der Waals surface area contributed by atoms with Gasteiger partial charge in [-0.3, -0.25) is 14.4 Å². The van der Waals surface area contributed by atoms with E-state index >= 15 is 0 Å². The number of amides is 3. The van der Waals surface area contributed by atoms with E-state index < -0.39 is 65.8 Å². The lowest BCUT2D eigenvalue weighted by molar-refractivity contribution is -0.141. The minimum absolute atomic E-state index is 0.0145. The number of carboxylic acids is 1. The second kappa shape index (κ2) is 21.3. The minimum Gasteiger partial charge on any atom is -0.504 e. The average Bonchev–Trinajstić information content (AvgIpc) is 4.07. The number of carbonyl (C=O) groups is 4. The lowest BCUT2D eigenvalue weighted by atomic mass is 9.93. The van der Waals surface area contributed by atoms with Crippen LogP contribution in [0.2, 0.25) is 0 Å². The van der Waals surface area contributed by atoms with Crippen LogP contribution in [0.5, 0.6) is 17.2 Å². The highest BCUT2D eigenvalue weighted by atomic mass is 16.5. The van der Waals surface area contributed by atoms with Crippen molar-refractivity contribution in [2.75, 3.05) is 39.9 Å². The van der Waals surface area contributed by atoms with Gasteiger partial charge in [-0.15, -0.1) is 0 Å². The van der Waals surface area contributed by atoms with Crippen molar-refractivity contribution in [2.24, 2.45) is 17.2 Å². The number of aliphatic hydroxyl groups is 2. The van der Waals surface area contributed by atoms with Crippen LogP contribution < -0.4 is 42.6 Å². The number of fused-ring (bicyclic) bond motifs is 5. The van der Waals surface area contributed by atoms with Crippen molar-refractivity contribution in [3.63, 3.8) is 0 Å². The first-order valence-electron chi connectivity index (χ1n) is 22.1. The highest BCUT2D eigenvalue weighted by Crippen LogP contribution is 2.48. The van der Waals surface area contributed by atoms with E-state index in [4.69, 9.17) is 26.7 Å². The largest absolute Gasteiger partial charge is 0.504 e. The first-order valence-corrected chi connectivity index (χ1v) is 22.1. The number of nitrogens with two attached hydrogens (primary N) is 3. The Kier molecular flexibility index (Phi) is 15.8. The first kappa shape index (κ1) is 49.8. The summed E-state index contributed by atoms with van der Waals surface area (Å²) < 4.78 is 11.9. The lowest BCUT2D eigenvalue weighted by Gasteiger charge is -2.33. The molecule has 0 saturated heterocycles. The van der Waals surface area contributed by atoms with Crippen LogP contribution >= 0.6 is 0 Å². The number of hydrogen-bond acceptors (Lipinski definition) is 15. The highest BCUT2D eigenvalue weighted by molar-refractivity contribution is 5.99. The van der Waals surface area contributed by atoms with Gasteiger partial charge in [0.05, 0.1) is 17.3 Å². The summed E-state index contributed by atoms with van der Waals surface area (Å²) in [4.78, 5) is 66.2. The van der Waals surface area contributed by atoms with Gasteiger partial charge in [0.15, 0.2) is 17.3 Å². The molecule has 19 nitrogen and oxygen atoms in total. The van der Waals surface area contributed by atoms with E-state index in [1.165, 1.54) is 37.0 Å². The van der Waals surface area contributed by atoms with Crippen molar-refractivity contribution in [3.8, 4) is 39.8 Å². The van der Waals surface area contributed by atoms with Gasteiger partial charge in [0.1, 0.15) is 49.3 Å². The molecule has 0 radical (unpaired) electrons. The Morgan fingerprint density at radius 3 is 2.22 bits per heavy atom. The molecule has 1 aliphatic carbocycles. The van der Waals surface area contributed by atoms with Crippen molar-refractivity contribution >= 4 is 23.7 Å². The van der Waals surface area contributed by atoms with Gasteiger partial charge in [-0.2, -0.15) is 0 Å². The zero-order valence-corrected chi connectivity index (χ0v) is 38.1. The molecule has 4 aromatic rings. The van der Waals surface area contributed by atoms with Gasteiger partial charge in [-0.05, 0) is 86.0 Å². The highest BCUT2D eigenvalue weighted by Gasteiger charge is 2.39. The van der Waals surface area contributed by atoms with E-state index in [2.05, 4.69) is 51.6 Å². The second-order valence-corrected chi connectivity index (χ2v) is 17.4. The summed E-state index contributed by atoms with van der Waals surface area (Å²) in [6.07, 6.45) is 1.30. The molecule has 358 valence electrons. The van der Waals surface area contributed by atoms with Crippen molar-refractivity contribution in [1.29, 1.82) is 0 Å². The first-order chi connectivity index (χ1) is 31.9. The van der Waals surface area contributed by atoms with Crippen LogP contribution in [0, 0.1) is 6.92 Å².